The summed E-state index contributed by atoms with van der Waals surface area (Å²) in [5.74, 6) is -0.0775. The van der Waals surface area contributed by atoms with E-state index in [0.29, 0.717) is 13.0 Å². The van der Waals surface area contributed by atoms with Crippen LogP contribution in [0.4, 0.5) is 0 Å². The van der Waals surface area contributed by atoms with Gasteiger partial charge in [0.15, 0.2) is 0 Å². The molecule has 1 aromatic rings. The van der Waals surface area contributed by atoms with Gasteiger partial charge in [-0.3, -0.25) is 9.69 Å². The largest absolute Gasteiger partial charge is 0.466 e. The van der Waals surface area contributed by atoms with Crippen LogP contribution in [0.1, 0.15) is 50.6 Å². The second-order valence-electron chi connectivity index (χ2n) is 5.45. The van der Waals surface area contributed by atoms with E-state index in [9.17, 15) is 4.79 Å². The van der Waals surface area contributed by atoms with Crippen molar-refractivity contribution in [2.75, 3.05) is 19.7 Å². The van der Waals surface area contributed by atoms with Gasteiger partial charge in [0.05, 0.1) is 13.0 Å². The van der Waals surface area contributed by atoms with Gasteiger partial charge in [0.2, 0.25) is 0 Å². The third-order valence-electron chi connectivity index (χ3n) is 3.84. The molecule has 0 spiro atoms. The Labute approximate surface area is 121 Å². The minimum atomic E-state index is -0.0775. The van der Waals surface area contributed by atoms with Crippen LogP contribution in [0.25, 0.3) is 0 Å². The summed E-state index contributed by atoms with van der Waals surface area (Å²) in [6.45, 7) is 4.72. The highest BCUT2D eigenvalue weighted by Crippen LogP contribution is 2.27. The number of rotatable bonds is 6. The lowest BCUT2D eigenvalue weighted by Crippen LogP contribution is -2.35. The second-order valence-corrected chi connectivity index (χ2v) is 5.45. The van der Waals surface area contributed by atoms with E-state index in [4.69, 9.17) is 4.74 Å². The Kier molecular flexibility index (Phi) is 6.06. The van der Waals surface area contributed by atoms with Gasteiger partial charge in [0.25, 0.3) is 0 Å². The minimum Gasteiger partial charge on any atom is -0.466 e. The van der Waals surface area contributed by atoms with Crippen molar-refractivity contribution in [1.82, 2.24) is 4.90 Å². The lowest BCUT2D eigenvalue weighted by molar-refractivity contribution is -0.145. The zero-order valence-electron chi connectivity index (χ0n) is 12.4. The molecule has 110 valence electrons. The maximum Gasteiger partial charge on any atom is 0.307 e. The van der Waals surface area contributed by atoms with Crippen LogP contribution >= 0.6 is 0 Å². The summed E-state index contributed by atoms with van der Waals surface area (Å²) >= 11 is 0. The average Bonchev–Trinajstić information content (AvgIpc) is 2.52. The molecule has 0 radical (unpaired) electrons. The van der Waals surface area contributed by atoms with E-state index in [1.54, 1.807) is 0 Å². The van der Waals surface area contributed by atoms with Gasteiger partial charge >= 0.3 is 5.97 Å². The summed E-state index contributed by atoms with van der Waals surface area (Å²) in [5.41, 5.74) is 1.22. The quantitative estimate of drug-likeness (QED) is 0.743. The molecule has 1 aliphatic heterocycles. The topological polar surface area (TPSA) is 29.5 Å². The number of piperidine rings is 1. The van der Waals surface area contributed by atoms with E-state index in [1.807, 2.05) is 25.1 Å². The Hall–Kier alpha value is -1.35. The summed E-state index contributed by atoms with van der Waals surface area (Å²) in [7, 11) is 0. The van der Waals surface area contributed by atoms with Crippen LogP contribution < -0.4 is 0 Å². The normalized spacial score (nSPS) is 17.6. The molecule has 1 saturated heterocycles. The standard InChI is InChI=1S/C17H25NO2/c1-2-13-20-17(19)14-16(15-9-5-3-6-10-15)18-11-7-4-8-12-18/h3,5-6,9-10,16H,2,4,7-8,11-14H2,1H3/t16-/m1/s1. The molecule has 3 nitrogen and oxygen atoms in total. The first kappa shape index (κ1) is 15.0. The Morgan fingerprint density at radius 3 is 2.55 bits per heavy atom. The number of hydrogen-bond acceptors (Lipinski definition) is 3. The molecule has 1 aromatic carbocycles. The van der Waals surface area contributed by atoms with E-state index >= 15 is 0 Å². The van der Waals surface area contributed by atoms with Crippen molar-refractivity contribution in [3.05, 3.63) is 35.9 Å². The monoisotopic (exact) mass is 275 g/mol. The number of carbonyl (C=O) groups excluding carboxylic acids is 1. The number of carbonyl (C=O) groups is 1. The summed E-state index contributed by atoms with van der Waals surface area (Å²) in [4.78, 5) is 14.4. The maximum absolute atomic E-state index is 12.0. The fourth-order valence-corrected chi connectivity index (χ4v) is 2.80. The number of benzene rings is 1. The summed E-state index contributed by atoms with van der Waals surface area (Å²) in [6.07, 6.45) is 5.11. The van der Waals surface area contributed by atoms with Gasteiger partial charge in [-0.2, -0.15) is 0 Å². The van der Waals surface area contributed by atoms with Gasteiger partial charge in [-0.05, 0) is 37.9 Å². The molecule has 2 rings (SSSR count). The Morgan fingerprint density at radius 1 is 1.20 bits per heavy atom. The molecule has 0 N–H and O–H groups in total. The summed E-state index contributed by atoms with van der Waals surface area (Å²) in [5, 5.41) is 0. The van der Waals surface area contributed by atoms with Crippen molar-refractivity contribution in [1.29, 1.82) is 0 Å². The van der Waals surface area contributed by atoms with Crippen LogP contribution in [-0.4, -0.2) is 30.6 Å². The highest BCUT2D eigenvalue weighted by atomic mass is 16.5. The van der Waals surface area contributed by atoms with E-state index in [2.05, 4.69) is 17.0 Å². The van der Waals surface area contributed by atoms with Crippen LogP contribution in [0.5, 0.6) is 0 Å². The Bertz CT molecular complexity index is 399. The fourth-order valence-electron chi connectivity index (χ4n) is 2.80. The number of likely N-dealkylation sites (tertiary alicyclic amines) is 1. The molecule has 3 heteroatoms. The maximum atomic E-state index is 12.0. The number of nitrogens with zero attached hydrogens (tertiary/aromatic N) is 1. The summed E-state index contributed by atoms with van der Waals surface area (Å²) in [6, 6.07) is 10.5. The molecule has 1 atom stereocenters. The van der Waals surface area contributed by atoms with Gasteiger partial charge in [-0.1, -0.05) is 43.7 Å². The van der Waals surface area contributed by atoms with Gasteiger partial charge in [0.1, 0.15) is 0 Å². The van der Waals surface area contributed by atoms with Crippen LogP contribution in [0.3, 0.4) is 0 Å². The highest BCUT2D eigenvalue weighted by molar-refractivity contribution is 5.70. The van der Waals surface area contributed by atoms with Crippen LogP contribution in [-0.2, 0) is 9.53 Å². The molecule has 0 aromatic heterocycles. The van der Waals surface area contributed by atoms with E-state index in [1.165, 1.54) is 24.8 Å². The highest BCUT2D eigenvalue weighted by Gasteiger charge is 2.25. The third-order valence-corrected chi connectivity index (χ3v) is 3.84. The molecular formula is C17H25NO2. The number of esters is 1. The van der Waals surface area contributed by atoms with Crippen molar-refractivity contribution in [3.63, 3.8) is 0 Å². The smallest absolute Gasteiger partial charge is 0.307 e. The number of ether oxygens (including phenoxy) is 1. The van der Waals surface area contributed by atoms with Crippen molar-refractivity contribution in [2.24, 2.45) is 0 Å². The van der Waals surface area contributed by atoms with Gasteiger partial charge < -0.3 is 4.74 Å². The molecule has 0 saturated carbocycles. The lowest BCUT2D eigenvalue weighted by atomic mass is 9.99. The first-order valence-electron chi connectivity index (χ1n) is 7.76. The molecule has 1 aliphatic rings. The molecule has 0 bridgehead atoms. The first-order valence-corrected chi connectivity index (χ1v) is 7.76. The zero-order valence-corrected chi connectivity index (χ0v) is 12.4. The fraction of sp³-hybridized carbons (Fsp3) is 0.588. The van der Waals surface area contributed by atoms with Crippen LogP contribution in [0, 0.1) is 0 Å². The average molecular weight is 275 g/mol. The van der Waals surface area contributed by atoms with E-state index in [0.717, 1.165) is 19.5 Å². The van der Waals surface area contributed by atoms with Crippen molar-refractivity contribution >= 4 is 5.97 Å². The zero-order chi connectivity index (χ0) is 14.2. The van der Waals surface area contributed by atoms with Gasteiger partial charge in [0, 0.05) is 6.04 Å². The van der Waals surface area contributed by atoms with E-state index < -0.39 is 0 Å². The molecule has 1 fully saturated rings. The van der Waals surface area contributed by atoms with Crippen molar-refractivity contribution in [3.8, 4) is 0 Å². The molecule has 0 aliphatic carbocycles. The van der Waals surface area contributed by atoms with Crippen molar-refractivity contribution in [2.45, 2.75) is 45.1 Å². The molecule has 1 heterocycles. The first-order chi connectivity index (χ1) is 9.81. The summed E-state index contributed by atoms with van der Waals surface area (Å²) < 4.78 is 5.27. The molecule has 0 amide bonds. The van der Waals surface area contributed by atoms with Crippen molar-refractivity contribution < 1.29 is 9.53 Å². The molecule has 20 heavy (non-hydrogen) atoms. The molecule has 0 unspecified atom stereocenters. The van der Waals surface area contributed by atoms with Crippen LogP contribution in [0.15, 0.2) is 30.3 Å². The van der Waals surface area contributed by atoms with Crippen LogP contribution in [0.2, 0.25) is 0 Å². The lowest BCUT2D eigenvalue weighted by Gasteiger charge is -2.34. The van der Waals surface area contributed by atoms with E-state index in [-0.39, 0.29) is 12.0 Å². The Balaban J connectivity index is 2.05. The van der Waals surface area contributed by atoms with Gasteiger partial charge in [-0.15, -0.1) is 0 Å². The predicted octanol–water partition coefficient (Wildman–Crippen LogP) is 3.56. The third kappa shape index (κ3) is 4.34. The predicted molar refractivity (Wildman–Crippen MR) is 80.5 cm³/mol. The number of hydrogen-bond donors (Lipinski definition) is 0. The SMILES string of the molecule is CCCOC(=O)C[C@H](c1ccccc1)N1CCCCC1. The second kappa shape index (κ2) is 8.05. The minimum absolute atomic E-state index is 0.0775. The van der Waals surface area contributed by atoms with Gasteiger partial charge in [-0.25, -0.2) is 0 Å². The Morgan fingerprint density at radius 2 is 1.90 bits per heavy atom. The molecular weight excluding hydrogens is 250 g/mol.